The van der Waals surface area contributed by atoms with Crippen LogP contribution in [0.1, 0.15) is 50.3 Å². The van der Waals surface area contributed by atoms with Crippen LogP contribution < -0.4 is 9.47 Å². The van der Waals surface area contributed by atoms with Crippen molar-refractivity contribution < 1.29 is 9.47 Å². The van der Waals surface area contributed by atoms with Gasteiger partial charge in [0.05, 0.1) is 6.61 Å². The predicted octanol–water partition coefficient (Wildman–Crippen LogP) is 7.49. The Morgan fingerprint density at radius 2 is 1.59 bits per heavy atom. The molecule has 0 aromatic heterocycles. The molecular weight excluding hydrogens is 356 g/mol. The predicted molar refractivity (Wildman–Crippen MR) is 121 cm³/mol. The summed E-state index contributed by atoms with van der Waals surface area (Å²) in [4.78, 5) is 0. The van der Waals surface area contributed by atoms with Crippen LogP contribution in [0.3, 0.4) is 0 Å². The van der Waals surface area contributed by atoms with E-state index in [2.05, 4.69) is 57.2 Å². The Kier molecular flexibility index (Phi) is 6.98. The molecule has 0 fully saturated rings. The molecule has 0 aliphatic rings. The lowest BCUT2D eigenvalue weighted by atomic mass is 9.79. The van der Waals surface area contributed by atoms with E-state index < -0.39 is 0 Å². The molecule has 0 bridgehead atoms. The van der Waals surface area contributed by atoms with Crippen LogP contribution in [0.25, 0.3) is 0 Å². The number of ether oxygens (including phenoxy) is 2. The Hall–Kier alpha value is -2.74. The number of aryl methyl sites for hydroxylation is 2. The van der Waals surface area contributed by atoms with E-state index in [0.29, 0.717) is 6.61 Å². The zero-order chi connectivity index (χ0) is 20.7. The van der Waals surface area contributed by atoms with Gasteiger partial charge in [-0.25, -0.2) is 0 Å². The molecule has 0 saturated carbocycles. The Morgan fingerprint density at radius 3 is 2.31 bits per heavy atom. The van der Waals surface area contributed by atoms with E-state index >= 15 is 0 Å². The Bertz CT molecular complexity index is 913. The van der Waals surface area contributed by atoms with Gasteiger partial charge in [-0.05, 0) is 85.5 Å². The quantitative estimate of drug-likeness (QED) is 0.378. The summed E-state index contributed by atoms with van der Waals surface area (Å²) in [6.45, 7) is 9.52. The third-order valence-corrected chi connectivity index (χ3v) is 5.40. The largest absolute Gasteiger partial charge is 0.494 e. The lowest BCUT2D eigenvalue weighted by molar-refractivity contribution is 0.337. The molecule has 0 spiro atoms. The molecular formula is C27H32O2. The fraction of sp³-hybridized carbons (Fsp3) is 0.333. The molecule has 3 aromatic rings. The maximum atomic E-state index is 5.97. The van der Waals surface area contributed by atoms with E-state index in [0.717, 1.165) is 36.5 Å². The summed E-state index contributed by atoms with van der Waals surface area (Å²) in [6, 6.07) is 25.0. The van der Waals surface area contributed by atoms with Gasteiger partial charge < -0.3 is 9.47 Å². The summed E-state index contributed by atoms with van der Waals surface area (Å²) < 4.78 is 11.7. The first-order chi connectivity index (χ1) is 14.0. The molecule has 29 heavy (non-hydrogen) atoms. The molecule has 0 aliphatic heterocycles. The molecule has 3 rings (SSSR count). The van der Waals surface area contributed by atoms with Gasteiger partial charge in [0.15, 0.2) is 0 Å². The van der Waals surface area contributed by atoms with Crippen LogP contribution in [0.2, 0.25) is 0 Å². The van der Waals surface area contributed by atoms with Gasteiger partial charge in [-0.3, -0.25) is 0 Å². The fourth-order valence-electron chi connectivity index (χ4n) is 3.66. The molecule has 152 valence electrons. The van der Waals surface area contributed by atoms with Crippen molar-refractivity contribution >= 4 is 0 Å². The minimum absolute atomic E-state index is 0.133. The van der Waals surface area contributed by atoms with Gasteiger partial charge in [-0.2, -0.15) is 0 Å². The second kappa shape index (κ2) is 9.65. The molecule has 0 radical (unpaired) electrons. The van der Waals surface area contributed by atoms with Crippen LogP contribution in [0, 0.1) is 6.92 Å². The lowest BCUT2D eigenvalue weighted by Gasteiger charge is -2.26. The summed E-state index contributed by atoms with van der Waals surface area (Å²) in [5.74, 6) is 2.76. The van der Waals surface area contributed by atoms with E-state index in [1.165, 1.54) is 16.7 Å². The van der Waals surface area contributed by atoms with E-state index in [-0.39, 0.29) is 5.41 Å². The smallest absolute Gasteiger partial charge is 0.127 e. The molecule has 2 heteroatoms. The van der Waals surface area contributed by atoms with Gasteiger partial charge in [0.2, 0.25) is 0 Å². The summed E-state index contributed by atoms with van der Waals surface area (Å²) in [7, 11) is 0. The maximum absolute atomic E-state index is 5.97. The molecule has 0 aliphatic carbocycles. The van der Waals surface area contributed by atoms with E-state index in [1.54, 1.807) is 0 Å². The summed E-state index contributed by atoms with van der Waals surface area (Å²) in [6.07, 6.45) is 3.31. The van der Waals surface area contributed by atoms with Crippen LogP contribution in [0.4, 0.5) is 0 Å². The lowest BCUT2D eigenvalue weighted by Crippen LogP contribution is -2.17. The van der Waals surface area contributed by atoms with Crippen LogP contribution >= 0.6 is 0 Å². The molecule has 0 atom stereocenters. The second-order valence-corrected chi connectivity index (χ2v) is 8.21. The van der Waals surface area contributed by atoms with Crippen molar-refractivity contribution in [2.24, 2.45) is 0 Å². The molecule has 0 heterocycles. The van der Waals surface area contributed by atoms with Gasteiger partial charge >= 0.3 is 0 Å². The number of para-hydroxylation sites is 1. The summed E-state index contributed by atoms with van der Waals surface area (Å²) in [5.41, 5.74) is 4.04. The van der Waals surface area contributed by atoms with Crippen LogP contribution in [0.5, 0.6) is 17.2 Å². The first-order valence-corrected chi connectivity index (χ1v) is 10.5. The van der Waals surface area contributed by atoms with E-state index in [4.69, 9.17) is 9.47 Å². The van der Waals surface area contributed by atoms with Crippen molar-refractivity contribution in [3.8, 4) is 17.2 Å². The fourth-order valence-corrected chi connectivity index (χ4v) is 3.66. The zero-order valence-corrected chi connectivity index (χ0v) is 18.1. The normalized spacial score (nSPS) is 11.3. The number of hydrogen-bond acceptors (Lipinski definition) is 2. The highest BCUT2D eigenvalue weighted by molar-refractivity contribution is 5.39. The first kappa shape index (κ1) is 21.0. The van der Waals surface area contributed by atoms with E-state index in [9.17, 15) is 0 Å². The average Bonchev–Trinajstić information content (AvgIpc) is 2.70. The zero-order valence-electron chi connectivity index (χ0n) is 18.1. The molecule has 0 N–H and O–H groups in total. The van der Waals surface area contributed by atoms with Gasteiger partial charge in [-0.15, -0.1) is 0 Å². The minimum Gasteiger partial charge on any atom is -0.494 e. The highest BCUT2D eigenvalue weighted by Gasteiger charge is 2.21. The summed E-state index contributed by atoms with van der Waals surface area (Å²) in [5, 5.41) is 0. The maximum Gasteiger partial charge on any atom is 0.127 e. The first-order valence-electron chi connectivity index (χ1n) is 10.5. The van der Waals surface area contributed by atoms with Crippen molar-refractivity contribution in [2.45, 2.75) is 52.4 Å². The third kappa shape index (κ3) is 5.87. The topological polar surface area (TPSA) is 18.5 Å². The number of benzene rings is 3. The number of hydrogen-bond donors (Lipinski definition) is 0. The molecule has 0 saturated heterocycles. The van der Waals surface area contributed by atoms with Gasteiger partial charge in [0.25, 0.3) is 0 Å². The molecule has 0 amide bonds. The average molecular weight is 389 g/mol. The highest BCUT2D eigenvalue weighted by atomic mass is 16.5. The van der Waals surface area contributed by atoms with Crippen molar-refractivity contribution in [1.82, 2.24) is 0 Å². The standard InChI is InChI=1S/C27H32O2/c1-5-28-26-17-16-23(19-21(26)2)27(3,4)18-10-12-22-11-9-15-25(20-22)29-24-13-7-6-8-14-24/h6-9,11,13-17,19-20H,5,10,12,18H2,1-4H3. The molecule has 2 nitrogen and oxygen atoms in total. The van der Waals surface area contributed by atoms with Crippen LogP contribution in [-0.4, -0.2) is 6.61 Å². The Balaban J connectivity index is 1.59. The SMILES string of the molecule is CCOc1ccc(C(C)(C)CCCc2cccc(Oc3ccccc3)c2)cc1C. The summed E-state index contributed by atoms with van der Waals surface area (Å²) >= 11 is 0. The second-order valence-electron chi connectivity index (χ2n) is 8.21. The Labute approximate surface area is 175 Å². The van der Waals surface area contributed by atoms with Crippen molar-refractivity contribution in [3.63, 3.8) is 0 Å². The Morgan fingerprint density at radius 1 is 0.828 bits per heavy atom. The minimum atomic E-state index is 0.133. The van der Waals surface area contributed by atoms with Gasteiger partial charge in [0, 0.05) is 0 Å². The van der Waals surface area contributed by atoms with Crippen molar-refractivity contribution in [1.29, 1.82) is 0 Å². The van der Waals surface area contributed by atoms with Crippen LogP contribution in [0.15, 0.2) is 72.8 Å². The third-order valence-electron chi connectivity index (χ3n) is 5.40. The van der Waals surface area contributed by atoms with Crippen molar-refractivity contribution in [3.05, 3.63) is 89.5 Å². The number of rotatable bonds is 9. The monoisotopic (exact) mass is 388 g/mol. The molecule has 3 aromatic carbocycles. The van der Waals surface area contributed by atoms with E-state index in [1.807, 2.05) is 43.3 Å². The highest BCUT2D eigenvalue weighted by Crippen LogP contribution is 2.32. The van der Waals surface area contributed by atoms with Gasteiger partial charge in [0.1, 0.15) is 17.2 Å². The van der Waals surface area contributed by atoms with Crippen LogP contribution in [-0.2, 0) is 11.8 Å². The van der Waals surface area contributed by atoms with Gasteiger partial charge in [-0.1, -0.05) is 56.3 Å². The molecule has 0 unspecified atom stereocenters. The van der Waals surface area contributed by atoms with Crippen molar-refractivity contribution in [2.75, 3.05) is 6.61 Å².